The van der Waals surface area contributed by atoms with E-state index in [-0.39, 0.29) is 5.82 Å². The number of anilines is 1. The fraction of sp³-hybridized carbons (Fsp3) is 0.176. The van der Waals surface area contributed by atoms with Crippen LogP contribution in [-0.2, 0) is 4.79 Å². The summed E-state index contributed by atoms with van der Waals surface area (Å²) in [5, 5.41) is 15.6. The summed E-state index contributed by atoms with van der Waals surface area (Å²) >= 11 is 0. The Bertz CT molecular complexity index is 713. The molecule has 0 radical (unpaired) electrons. The molecule has 112 valence electrons. The summed E-state index contributed by atoms with van der Waals surface area (Å²) < 4.78 is 13.1. The zero-order valence-corrected chi connectivity index (χ0v) is 12.0. The van der Waals surface area contributed by atoms with E-state index < -0.39 is 17.9 Å². The number of aliphatic carboxylic acids is 1. The van der Waals surface area contributed by atoms with Gasteiger partial charge in [-0.15, -0.1) is 0 Å². The lowest BCUT2D eigenvalue weighted by Gasteiger charge is -2.26. The Kier molecular flexibility index (Phi) is 3.63. The predicted octanol–water partition coefficient (Wildman–Crippen LogP) is 3.46. The zero-order chi connectivity index (χ0) is 15.7. The number of benzene rings is 2. The van der Waals surface area contributed by atoms with Crippen molar-refractivity contribution in [3.05, 3.63) is 66.0 Å². The number of hydrogen-bond donors (Lipinski definition) is 1. The molecule has 1 aliphatic heterocycles. The molecule has 0 saturated heterocycles. The van der Waals surface area contributed by atoms with Crippen molar-refractivity contribution in [1.29, 1.82) is 0 Å². The molecule has 0 spiro atoms. The first kappa shape index (κ1) is 14.3. The van der Waals surface area contributed by atoms with Crippen LogP contribution in [0, 0.1) is 11.7 Å². The van der Waals surface area contributed by atoms with Gasteiger partial charge in [-0.05, 0) is 36.8 Å². The number of rotatable bonds is 3. The van der Waals surface area contributed by atoms with Crippen LogP contribution in [0.5, 0.6) is 0 Å². The summed E-state index contributed by atoms with van der Waals surface area (Å²) in [5.74, 6) is -1.98. The third-order valence-electron chi connectivity index (χ3n) is 3.79. The monoisotopic (exact) mass is 298 g/mol. The van der Waals surface area contributed by atoms with Gasteiger partial charge in [0.2, 0.25) is 0 Å². The molecule has 3 rings (SSSR count). The maximum Gasteiger partial charge on any atom is 0.314 e. The van der Waals surface area contributed by atoms with E-state index in [1.807, 2.05) is 30.3 Å². The molecule has 2 atom stereocenters. The second-order valence-electron chi connectivity index (χ2n) is 5.23. The summed E-state index contributed by atoms with van der Waals surface area (Å²) in [6.07, 6.45) is 0. The van der Waals surface area contributed by atoms with E-state index in [0.29, 0.717) is 11.4 Å². The van der Waals surface area contributed by atoms with Gasteiger partial charge >= 0.3 is 5.97 Å². The summed E-state index contributed by atoms with van der Waals surface area (Å²) in [6.45, 7) is 1.71. The van der Waals surface area contributed by atoms with Crippen LogP contribution in [0.25, 0.3) is 0 Å². The van der Waals surface area contributed by atoms with Gasteiger partial charge in [-0.25, -0.2) is 4.39 Å². The van der Waals surface area contributed by atoms with Gasteiger partial charge in [0.25, 0.3) is 0 Å². The number of hydrazone groups is 1. The van der Waals surface area contributed by atoms with Crippen LogP contribution in [0.2, 0.25) is 0 Å². The summed E-state index contributed by atoms with van der Waals surface area (Å²) in [4.78, 5) is 11.7. The first-order valence-electron chi connectivity index (χ1n) is 6.95. The molecule has 2 unspecified atom stereocenters. The quantitative estimate of drug-likeness (QED) is 0.944. The Morgan fingerprint density at radius 1 is 1.14 bits per heavy atom. The van der Waals surface area contributed by atoms with E-state index in [4.69, 9.17) is 0 Å². The molecule has 0 bridgehead atoms. The third kappa shape index (κ3) is 2.45. The highest BCUT2D eigenvalue weighted by atomic mass is 19.1. The Morgan fingerprint density at radius 3 is 2.36 bits per heavy atom. The Morgan fingerprint density at radius 2 is 1.77 bits per heavy atom. The van der Waals surface area contributed by atoms with Gasteiger partial charge in [0.1, 0.15) is 11.7 Å². The normalized spacial score (nSPS) is 20.8. The molecule has 4 nitrogen and oxygen atoms in total. The van der Waals surface area contributed by atoms with Crippen molar-refractivity contribution < 1.29 is 14.3 Å². The van der Waals surface area contributed by atoms with Gasteiger partial charge in [0, 0.05) is 0 Å². The molecule has 1 heterocycles. The van der Waals surface area contributed by atoms with Gasteiger partial charge in [0.05, 0.1) is 17.4 Å². The van der Waals surface area contributed by atoms with Gasteiger partial charge < -0.3 is 5.11 Å². The van der Waals surface area contributed by atoms with Gasteiger partial charge in [-0.2, -0.15) is 5.10 Å². The number of carbonyl (C=O) groups is 1. The van der Waals surface area contributed by atoms with Crippen LogP contribution in [0.4, 0.5) is 10.1 Å². The average molecular weight is 298 g/mol. The van der Waals surface area contributed by atoms with Crippen LogP contribution >= 0.6 is 0 Å². The van der Waals surface area contributed by atoms with Crippen LogP contribution in [0.15, 0.2) is 59.7 Å². The van der Waals surface area contributed by atoms with Crippen molar-refractivity contribution in [2.45, 2.75) is 13.0 Å². The smallest absolute Gasteiger partial charge is 0.314 e. The van der Waals surface area contributed by atoms with E-state index >= 15 is 0 Å². The molecule has 0 aromatic heterocycles. The molecule has 0 fully saturated rings. The molecule has 22 heavy (non-hydrogen) atoms. The molecule has 2 aromatic rings. The van der Waals surface area contributed by atoms with Crippen molar-refractivity contribution in [3.8, 4) is 0 Å². The van der Waals surface area contributed by atoms with Gasteiger partial charge in [-0.3, -0.25) is 9.80 Å². The fourth-order valence-corrected chi connectivity index (χ4v) is 2.77. The van der Waals surface area contributed by atoms with E-state index in [1.54, 1.807) is 24.1 Å². The van der Waals surface area contributed by atoms with E-state index in [9.17, 15) is 14.3 Å². The highest BCUT2D eigenvalue weighted by Crippen LogP contribution is 2.39. The van der Waals surface area contributed by atoms with Crippen molar-refractivity contribution in [1.82, 2.24) is 0 Å². The molecule has 5 heteroatoms. The average Bonchev–Trinajstić information content (AvgIpc) is 2.86. The fourth-order valence-electron chi connectivity index (χ4n) is 2.77. The predicted molar refractivity (Wildman–Crippen MR) is 82.3 cm³/mol. The minimum Gasteiger partial charge on any atom is -0.481 e. The number of carboxylic acid groups (broad SMARTS) is 1. The molecule has 1 aliphatic rings. The Labute approximate surface area is 127 Å². The van der Waals surface area contributed by atoms with E-state index in [1.165, 1.54) is 12.1 Å². The maximum absolute atomic E-state index is 13.1. The first-order chi connectivity index (χ1) is 10.6. The molecule has 2 aromatic carbocycles. The van der Waals surface area contributed by atoms with Crippen molar-refractivity contribution in [3.63, 3.8) is 0 Å². The number of hydrogen-bond acceptors (Lipinski definition) is 3. The molecule has 0 aliphatic carbocycles. The number of halogens is 1. The Hall–Kier alpha value is -2.69. The van der Waals surface area contributed by atoms with E-state index in [0.717, 1.165) is 5.56 Å². The SMILES string of the molecule is CC1=NN(c2ccc(F)cc2)C(c2ccccc2)C1C(=O)O. The molecule has 1 N–H and O–H groups in total. The standard InChI is InChI=1S/C17H15FN2O2/c1-11-15(17(21)22)16(12-5-3-2-4-6-12)20(19-11)14-9-7-13(18)8-10-14/h2-10,15-16H,1H3,(H,21,22). The second-order valence-corrected chi connectivity index (χ2v) is 5.23. The summed E-state index contributed by atoms with van der Waals surface area (Å²) in [6, 6.07) is 14.8. The molecule has 0 saturated carbocycles. The zero-order valence-electron chi connectivity index (χ0n) is 12.0. The lowest BCUT2D eigenvalue weighted by atomic mass is 9.90. The first-order valence-corrected chi connectivity index (χ1v) is 6.95. The van der Waals surface area contributed by atoms with Gasteiger partial charge in [0.15, 0.2) is 0 Å². The largest absolute Gasteiger partial charge is 0.481 e. The van der Waals surface area contributed by atoms with Gasteiger partial charge in [-0.1, -0.05) is 30.3 Å². The third-order valence-corrected chi connectivity index (χ3v) is 3.79. The van der Waals surface area contributed by atoms with E-state index in [2.05, 4.69) is 5.10 Å². The second kappa shape index (κ2) is 5.60. The summed E-state index contributed by atoms with van der Waals surface area (Å²) in [7, 11) is 0. The maximum atomic E-state index is 13.1. The molecule has 0 amide bonds. The van der Waals surface area contributed by atoms with Crippen molar-refractivity contribution in [2.75, 3.05) is 5.01 Å². The van der Waals surface area contributed by atoms with Crippen molar-refractivity contribution in [2.24, 2.45) is 11.0 Å². The highest BCUT2D eigenvalue weighted by Gasteiger charge is 2.41. The summed E-state index contributed by atoms with van der Waals surface area (Å²) in [5.41, 5.74) is 2.06. The highest BCUT2D eigenvalue weighted by molar-refractivity contribution is 6.03. The van der Waals surface area contributed by atoms with Crippen molar-refractivity contribution >= 4 is 17.4 Å². The Balaban J connectivity index is 2.07. The van der Waals surface area contributed by atoms with Crippen LogP contribution in [0.1, 0.15) is 18.5 Å². The van der Waals surface area contributed by atoms with Crippen LogP contribution < -0.4 is 5.01 Å². The number of nitrogens with zero attached hydrogens (tertiary/aromatic N) is 2. The minimum atomic E-state index is -0.917. The topological polar surface area (TPSA) is 52.9 Å². The van der Waals surface area contributed by atoms with Crippen LogP contribution in [0.3, 0.4) is 0 Å². The minimum absolute atomic E-state index is 0.338. The molecular weight excluding hydrogens is 283 g/mol. The van der Waals surface area contributed by atoms with Crippen LogP contribution in [-0.4, -0.2) is 16.8 Å². The molecular formula is C17H15FN2O2. The lowest BCUT2D eigenvalue weighted by molar-refractivity contribution is -0.139. The lowest BCUT2D eigenvalue weighted by Crippen LogP contribution is -2.30. The number of carboxylic acids is 1.